The molecule has 1 aliphatic rings. The molecule has 1 aliphatic heterocycles. The van der Waals surface area contributed by atoms with E-state index in [1.54, 1.807) is 0 Å². The van der Waals surface area contributed by atoms with Gasteiger partial charge in [0.05, 0.1) is 18.4 Å². The van der Waals surface area contributed by atoms with Gasteiger partial charge in [0.25, 0.3) is 0 Å². The normalized spacial score (nSPS) is 45.0. The Morgan fingerprint density at radius 1 is 1.22 bits per heavy atom. The number of nitrogens with two attached hydrogens (primary N) is 2. The summed E-state index contributed by atoms with van der Waals surface area (Å²) in [6.07, 6.45) is 0.616. The Bertz CT molecular complexity index is 73.2. The van der Waals surface area contributed by atoms with Gasteiger partial charge in [-0.25, -0.2) is 0 Å². The highest BCUT2D eigenvalue weighted by Gasteiger charge is 2.21. The van der Waals surface area contributed by atoms with Crippen LogP contribution in [0.4, 0.5) is 0 Å². The lowest BCUT2D eigenvalue weighted by molar-refractivity contribution is 0.0964. The van der Waals surface area contributed by atoms with Crippen molar-refractivity contribution in [3.8, 4) is 0 Å². The van der Waals surface area contributed by atoms with Crippen molar-refractivity contribution < 1.29 is 5.11 Å². The summed E-state index contributed by atoms with van der Waals surface area (Å²) in [6, 6.07) is 0. The molecule has 0 amide bonds. The van der Waals surface area contributed by atoms with Crippen molar-refractivity contribution in [1.82, 2.24) is 5.32 Å². The summed E-state index contributed by atoms with van der Waals surface area (Å²) < 4.78 is 0. The molecule has 4 heteroatoms. The van der Waals surface area contributed by atoms with Gasteiger partial charge in [0.2, 0.25) is 0 Å². The zero-order chi connectivity index (χ0) is 6.85. The minimum Gasteiger partial charge on any atom is -0.393 e. The molecule has 0 radical (unpaired) electrons. The number of hydrogen-bond donors (Lipinski definition) is 4. The zero-order valence-corrected chi connectivity index (χ0v) is 5.25. The van der Waals surface area contributed by atoms with E-state index in [-0.39, 0.29) is 18.4 Å². The second-order valence-corrected chi connectivity index (χ2v) is 2.50. The SMILES string of the molecule is NC1CC(O)CC(N)N1. The van der Waals surface area contributed by atoms with E-state index in [9.17, 15) is 0 Å². The summed E-state index contributed by atoms with van der Waals surface area (Å²) >= 11 is 0. The number of aliphatic hydroxyl groups is 1. The van der Waals surface area contributed by atoms with E-state index in [1.807, 2.05) is 0 Å². The van der Waals surface area contributed by atoms with Crippen molar-refractivity contribution in [2.75, 3.05) is 0 Å². The molecule has 0 bridgehead atoms. The average molecular weight is 131 g/mol. The third kappa shape index (κ3) is 1.91. The van der Waals surface area contributed by atoms with Crippen molar-refractivity contribution >= 4 is 0 Å². The second-order valence-electron chi connectivity index (χ2n) is 2.50. The predicted octanol–water partition coefficient (Wildman–Crippen LogP) is -1.70. The maximum atomic E-state index is 9.05. The molecule has 1 fully saturated rings. The quantitative estimate of drug-likeness (QED) is 0.316. The van der Waals surface area contributed by atoms with Gasteiger partial charge in [-0.1, -0.05) is 0 Å². The lowest BCUT2D eigenvalue weighted by Crippen LogP contribution is -2.55. The van der Waals surface area contributed by atoms with E-state index in [0.29, 0.717) is 12.8 Å². The van der Waals surface area contributed by atoms with E-state index in [2.05, 4.69) is 5.32 Å². The molecule has 9 heavy (non-hydrogen) atoms. The molecule has 0 aromatic carbocycles. The fourth-order valence-corrected chi connectivity index (χ4v) is 1.09. The molecule has 0 aliphatic carbocycles. The van der Waals surface area contributed by atoms with Gasteiger partial charge in [-0.15, -0.1) is 0 Å². The Morgan fingerprint density at radius 3 is 2.00 bits per heavy atom. The highest BCUT2D eigenvalue weighted by atomic mass is 16.3. The number of hydrogen-bond acceptors (Lipinski definition) is 4. The van der Waals surface area contributed by atoms with Gasteiger partial charge in [-0.3, -0.25) is 5.32 Å². The van der Waals surface area contributed by atoms with Crippen molar-refractivity contribution in [2.45, 2.75) is 31.3 Å². The average Bonchev–Trinajstić information content (AvgIpc) is 1.59. The molecule has 0 aromatic heterocycles. The van der Waals surface area contributed by atoms with E-state index in [1.165, 1.54) is 0 Å². The Hall–Kier alpha value is -0.160. The molecule has 6 N–H and O–H groups in total. The van der Waals surface area contributed by atoms with Crippen LogP contribution in [0.1, 0.15) is 12.8 Å². The molecule has 0 spiro atoms. The lowest BCUT2D eigenvalue weighted by atomic mass is 10.1. The smallest absolute Gasteiger partial charge is 0.0595 e. The molecular formula is C5H13N3O. The van der Waals surface area contributed by atoms with E-state index in [0.717, 1.165) is 0 Å². The van der Waals surface area contributed by atoms with Crippen LogP contribution in [0, 0.1) is 0 Å². The molecule has 1 heterocycles. The van der Waals surface area contributed by atoms with Crippen LogP contribution in [-0.4, -0.2) is 23.5 Å². The largest absolute Gasteiger partial charge is 0.393 e. The van der Waals surface area contributed by atoms with Gasteiger partial charge in [0.15, 0.2) is 0 Å². The highest BCUT2D eigenvalue weighted by Crippen LogP contribution is 2.06. The maximum absolute atomic E-state index is 9.05. The van der Waals surface area contributed by atoms with E-state index < -0.39 is 0 Å². The lowest BCUT2D eigenvalue weighted by Gasteiger charge is -2.29. The van der Waals surface area contributed by atoms with E-state index >= 15 is 0 Å². The fourth-order valence-electron chi connectivity index (χ4n) is 1.09. The molecule has 1 saturated heterocycles. The maximum Gasteiger partial charge on any atom is 0.0595 e. The first-order chi connectivity index (χ1) is 4.18. The van der Waals surface area contributed by atoms with Gasteiger partial charge in [0.1, 0.15) is 0 Å². The summed E-state index contributed by atoms with van der Waals surface area (Å²) in [5.41, 5.74) is 10.9. The third-order valence-corrected chi connectivity index (χ3v) is 1.48. The molecule has 2 atom stereocenters. The third-order valence-electron chi connectivity index (χ3n) is 1.48. The second kappa shape index (κ2) is 2.62. The van der Waals surface area contributed by atoms with Crippen LogP contribution in [0.25, 0.3) is 0 Å². The van der Waals surface area contributed by atoms with Gasteiger partial charge >= 0.3 is 0 Å². The van der Waals surface area contributed by atoms with Crippen LogP contribution in [0.5, 0.6) is 0 Å². The van der Waals surface area contributed by atoms with Gasteiger partial charge in [0, 0.05) is 12.8 Å². The molecular weight excluding hydrogens is 118 g/mol. The standard InChI is InChI=1S/C5H13N3O/c6-4-1-3(9)2-5(7)8-4/h3-5,8-9H,1-2,6-7H2. The first kappa shape index (κ1) is 6.95. The molecule has 0 saturated carbocycles. The Labute approximate surface area is 54.2 Å². The summed E-state index contributed by atoms with van der Waals surface area (Å²) in [7, 11) is 0. The Morgan fingerprint density at radius 2 is 1.67 bits per heavy atom. The van der Waals surface area contributed by atoms with Crippen LogP contribution in [-0.2, 0) is 0 Å². The van der Waals surface area contributed by atoms with Crippen molar-refractivity contribution in [3.63, 3.8) is 0 Å². The number of aliphatic hydroxyl groups excluding tert-OH is 1. The van der Waals surface area contributed by atoms with Gasteiger partial charge in [-0.05, 0) is 0 Å². The number of rotatable bonds is 0. The minimum absolute atomic E-state index is 0.135. The molecule has 0 aromatic rings. The van der Waals surface area contributed by atoms with Crippen molar-refractivity contribution in [2.24, 2.45) is 11.5 Å². The number of piperidine rings is 1. The van der Waals surface area contributed by atoms with Gasteiger partial charge < -0.3 is 16.6 Å². The first-order valence-electron chi connectivity index (χ1n) is 3.14. The summed E-state index contributed by atoms with van der Waals surface area (Å²) in [6.45, 7) is 0. The topological polar surface area (TPSA) is 84.3 Å². The fraction of sp³-hybridized carbons (Fsp3) is 1.00. The monoisotopic (exact) mass is 131 g/mol. The van der Waals surface area contributed by atoms with Crippen LogP contribution >= 0.6 is 0 Å². The van der Waals surface area contributed by atoms with Crippen LogP contribution < -0.4 is 16.8 Å². The molecule has 54 valence electrons. The summed E-state index contributed by atoms with van der Waals surface area (Å²) in [5, 5.41) is 12.0. The predicted molar refractivity (Wildman–Crippen MR) is 34.3 cm³/mol. The zero-order valence-electron chi connectivity index (χ0n) is 5.25. The van der Waals surface area contributed by atoms with E-state index in [4.69, 9.17) is 16.6 Å². The Kier molecular flexibility index (Phi) is 2.02. The summed E-state index contributed by atoms with van der Waals surface area (Å²) in [5.74, 6) is 0. The molecule has 4 nitrogen and oxygen atoms in total. The number of nitrogens with one attached hydrogen (secondary N) is 1. The first-order valence-corrected chi connectivity index (χ1v) is 3.14. The van der Waals surface area contributed by atoms with Crippen molar-refractivity contribution in [1.29, 1.82) is 0 Å². The summed E-state index contributed by atoms with van der Waals surface area (Å²) in [4.78, 5) is 0. The van der Waals surface area contributed by atoms with Crippen molar-refractivity contribution in [3.05, 3.63) is 0 Å². The van der Waals surface area contributed by atoms with Crippen LogP contribution in [0.2, 0.25) is 0 Å². The highest BCUT2D eigenvalue weighted by molar-refractivity contribution is 4.78. The minimum atomic E-state index is -0.323. The molecule has 2 unspecified atom stereocenters. The molecule has 1 rings (SSSR count). The van der Waals surface area contributed by atoms with Gasteiger partial charge in [-0.2, -0.15) is 0 Å². The Balaban J connectivity index is 2.34. The van der Waals surface area contributed by atoms with Crippen LogP contribution in [0.15, 0.2) is 0 Å². The van der Waals surface area contributed by atoms with Crippen LogP contribution in [0.3, 0.4) is 0 Å².